The van der Waals surface area contributed by atoms with Crippen molar-refractivity contribution in [1.29, 1.82) is 0 Å². The first-order valence-corrected chi connectivity index (χ1v) is 23.4. The zero-order valence-corrected chi connectivity index (χ0v) is 39.4. The van der Waals surface area contributed by atoms with Crippen LogP contribution in [0, 0.1) is 11.8 Å². The molecule has 5 atom stereocenters. The summed E-state index contributed by atoms with van der Waals surface area (Å²) < 4.78 is 8.41. The number of halogens is 2. The van der Waals surface area contributed by atoms with E-state index < -0.39 is 47.6 Å². The molecule has 3 aliphatic rings. The van der Waals surface area contributed by atoms with Crippen molar-refractivity contribution in [3.8, 4) is 22.9 Å². The highest BCUT2D eigenvalue weighted by molar-refractivity contribution is 6.31. The molecule has 346 valence electrons. The Bertz CT molecular complexity index is 2580. The molecule has 4 heterocycles. The Labute approximate surface area is 396 Å². The first-order valence-electron chi connectivity index (χ1n) is 22.6. The van der Waals surface area contributed by atoms with Gasteiger partial charge in [0, 0.05) is 66.4 Å². The summed E-state index contributed by atoms with van der Waals surface area (Å²) in [5.41, 5.74) is 4.51. The summed E-state index contributed by atoms with van der Waals surface area (Å²) >= 11 is 12.8. The van der Waals surface area contributed by atoms with E-state index in [2.05, 4.69) is 21.4 Å². The second kappa shape index (κ2) is 20.1. The van der Waals surface area contributed by atoms with Crippen LogP contribution < -0.4 is 10.1 Å². The molecule has 2 aromatic heterocycles. The average Bonchev–Trinajstić information content (AvgIpc) is 3.89. The predicted molar refractivity (Wildman–Crippen MR) is 253 cm³/mol. The van der Waals surface area contributed by atoms with Crippen LogP contribution in [0.25, 0.3) is 11.3 Å². The number of nitrogens with one attached hydrogen (secondary N) is 1. The number of aliphatic hydroxyl groups is 1. The van der Waals surface area contributed by atoms with Gasteiger partial charge in [-0.25, -0.2) is 9.97 Å². The number of ether oxygens (including phenoxy) is 1. The maximum atomic E-state index is 15.3. The SMILES string of the molecule is C[C@H]1C(=O)C[C@@H](CO)C(=O)N[C@@]2(Cc3ccc(Cl)cc3)CCCN(C2)C(=O)[C@H]([C@H]2CCc3ccccc32)CC(=O)N1Cc1ccc(Cl)cc1Oc1ccc(-c2cnc(CN(C)C)n2C)cn1. The molecular formula is C51H57Cl2N7O6. The van der Waals surface area contributed by atoms with E-state index in [0.717, 1.165) is 40.2 Å². The maximum Gasteiger partial charge on any atom is 0.226 e. The molecule has 2 fully saturated rings. The number of amides is 3. The van der Waals surface area contributed by atoms with Crippen molar-refractivity contribution in [2.75, 3.05) is 33.8 Å². The monoisotopic (exact) mass is 933 g/mol. The number of nitrogens with zero attached hydrogens (tertiary/aromatic N) is 6. The number of carbonyl (C=O) groups is 4. The number of Topliss-reactive ketones (excluding diaryl/α,β-unsaturated/α-hetero) is 1. The van der Waals surface area contributed by atoms with E-state index in [9.17, 15) is 14.7 Å². The van der Waals surface area contributed by atoms with Crippen LogP contribution in [0.5, 0.6) is 11.6 Å². The molecule has 0 unspecified atom stereocenters. The number of carbonyl (C=O) groups excluding carboxylic acids is 4. The molecule has 2 saturated heterocycles. The largest absolute Gasteiger partial charge is 0.439 e. The lowest BCUT2D eigenvalue weighted by atomic mass is 9.79. The van der Waals surface area contributed by atoms with Gasteiger partial charge in [0.25, 0.3) is 0 Å². The Morgan fingerprint density at radius 2 is 1.70 bits per heavy atom. The first kappa shape index (κ1) is 46.9. The Morgan fingerprint density at radius 3 is 2.44 bits per heavy atom. The highest BCUT2D eigenvalue weighted by Crippen LogP contribution is 2.42. The lowest BCUT2D eigenvalue weighted by Gasteiger charge is -2.46. The number of rotatable bonds is 11. The quantitative estimate of drug-likeness (QED) is 0.138. The summed E-state index contributed by atoms with van der Waals surface area (Å²) in [7, 11) is 5.94. The number of ketones is 1. The fourth-order valence-corrected chi connectivity index (χ4v) is 10.3. The van der Waals surface area contributed by atoms with Gasteiger partial charge in [-0.2, -0.15) is 0 Å². The van der Waals surface area contributed by atoms with E-state index in [1.54, 1.807) is 49.5 Å². The summed E-state index contributed by atoms with van der Waals surface area (Å²) in [6.07, 6.45) is 6.11. The van der Waals surface area contributed by atoms with Crippen LogP contribution in [0.4, 0.5) is 0 Å². The van der Waals surface area contributed by atoms with Crippen molar-refractivity contribution in [3.63, 3.8) is 0 Å². The third-order valence-electron chi connectivity index (χ3n) is 13.6. The molecule has 66 heavy (non-hydrogen) atoms. The number of aliphatic hydroxyl groups excluding tert-OH is 1. The summed E-state index contributed by atoms with van der Waals surface area (Å²) in [6, 6.07) is 23.2. The van der Waals surface area contributed by atoms with Gasteiger partial charge in [0.15, 0.2) is 5.78 Å². The topological polar surface area (TPSA) is 150 Å². The molecule has 2 bridgehead atoms. The van der Waals surface area contributed by atoms with E-state index in [1.165, 1.54) is 4.90 Å². The van der Waals surface area contributed by atoms with Crippen molar-refractivity contribution >= 4 is 46.7 Å². The van der Waals surface area contributed by atoms with Gasteiger partial charge in [0.2, 0.25) is 23.6 Å². The minimum atomic E-state index is -1.09. The van der Waals surface area contributed by atoms with E-state index >= 15 is 9.59 Å². The van der Waals surface area contributed by atoms with Crippen molar-refractivity contribution in [3.05, 3.63) is 129 Å². The highest BCUT2D eigenvalue weighted by atomic mass is 35.5. The summed E-state index contributed by atoms with van der Waals surface area (Å²) in [4.78, 5) is 73.7. The molecule has 0 radical (unpaired) electrons. The fourth-order valence-electron chi connectivity index (χ4n) is 9.97. The molecule has 15 heteroatoms. The zero-order valence-electron chi connectivity index (χ0n) is 37.9. The van der Waals surface area contributed by atoms with Gasteiger partial charge in [0.05, 0.1) is 55.0 Å². The zero-order chi connectivity index (χ0) is 46.7. The van der Waals surface area contributed by atoms with Gasteiger partial charge in [-0.15, -0.1) is 0 Å². The third-order valence-corrected chi connectivity index (χ3v) is 14.0. The molecule has 3 amide bonds. The van der Waals surface area contributed by atoms with Gasteiger partial charge < -0.3 is 34.4 Å². The fraction of sp³-hybridized carbons (Fsp3) is 0.412. The van der Waals surface area contributed by atoms with Gasteiger partial charge in [-0.1, -0.05) is 65.7 Å². The van der Waals surface area contributed by atoms with Crippen molar-refractivity contribution in [1.82, 2.24) is 34.6 Å². The first-order chi connectivity index (χ1) is 31.7. The Kier molecular flexibility index (Phi) is 14.3. The number of benzene rings is 3. The summed E-state index contributed by atoms with van der Waals surface area (Å²) in [6.45, 7) is 2.31. The number of imidazole rings is 1. The normalized spacial score (nSPS) is 22.9. The number of aryl methyl sites for hydroxylation is 1. The molecule has 1 aliphatic carbocycles. The van der Waals surface area contributed by atoms with Gasteiger partial charge in [-0.05, 0) is 106 Å². The Hall–Kier alpha value is -5.60. The van der Waals surface area contributed by atoms with Crippen molar-refractivity contribution < 1.29 is 29.0 Å². The Balaban J connectivity index is 1.13. The van der Waals surface area contributed by atoms with Gasteiger partial charge >= 0.3 is 0 Å². The molecule has 3 aromatic carbocycles. The standard InChI is InChI=1S/C51H57Cl2N7O6/c1-32-44(62)22-37(30-61)49(64)56-51(25-33-10-15-38(52)16-11-33)20-7-21-59(31-51)50(65)42(41-18-13-34-8-5-6-9-40(34)41)24-48(63)60(32)28-36-12-17-39(53)23-45(36)66-47-19-14-35(26-55-47)43-27-54-46(58(43)4)29-57(2)3/h5-6,8-12,14-17,19,23,26-27,32,37,41-42,61H,7,13,18,20-22,24-25,28-31H2,1-4H3,(H,56,64)/t32-,37-,41-,42-,51+/m0/s1. The van der Waals surface area contributed by atoms with E-state index in [-0.39, 0.29) is 43.6 Å². The maximum absolute atomic E-state index is 15.3. The number of piperidine rings is 1. The van der Waals surface area contributed by atoms with E-state index in [1.807, 2.05) is 78.1 Å². The molecule has 0 saturated carbocycles. The van der Waals surface area contributed by atoms with Crippen molar-refractivity contribution in [2.45, 2.75) is 82.5 Å². The minimum absolute atomic E-state index is 0.0773. The number of hydrogen-bond acceptors (Lipinski definition) is 9. The third kappa shape index (κ3) is 10.3. The van der Waals surface area contributed by atoms with Crippen LogP contribution in [-0.2, 0) is 52.2 Å². The van der Waals surface area contributed by atoms with Crippen LogP contribution in [0.3, 0.4) is 0 Å². The van der Waals surface area contributed by atoms with Crippen LogP contribution in [0.1, 0.15) is 73.0 Å². The lowest BCUT2D eigenvalue weighted by Crippen LogP contribution is -2.63. The van der Waals surface area contributed by atoms with Crippen LogP contribution in [0.15, 0.2) is 91.3 Å². The number of aromatic nitrogens is 3. The highest BCUT2D eigenvalue weighted by Gasteiger charge is 2.45. The smallest absolute Gasteiger partial charge is 0.226 e. The van der Waals surface area contributed by atoms with Gasteiger partial charge in [-0.3, -0.25) is 19.2 Å². The molecule has 2 aliphatic heterocycles. The molecule has 0 spiro atoms. The van der Waals surface area contributed by atoms with Crippen LogP contribution in [0.2, 0.25) is 10.0 Å². The summed E-state index contributed by atoms with van der Waals surface area (Å²) in [5, 5.41) is 14.9. The number of pyridine rings is 1. The number of hydrogen-bond donors (Lipinski definition) is 2. The molecular weight excluding hydrogens is 878 g/mol. The van der Waals surface area contributed by atoms with Crippen molar-refractivity contribution in [2.24, 2.45) is 18.9 Å². The van der Waals surface area contributed by atoms with Gasteiger partial charge in [0.1, 0.15) is 11.6 Å². The van der Waals surface area contributed by atoms with E-state index in [4.69, 9.17) is 27.9 Å². The second-order valence-corrected chi connectivity index (χ2v) is 19.3. The molecule has 13 nitrogen and oxygen atoms in total. The second-order valence-electron chi connectivity index (χ2n) is 18.4. The minimum Gasteiger partial charge on any atom is -0.439 e. The number of fused-ring (bicyclic) bond motifs is 3. The average molecular weight is 935 g/mol. The van der Waals surface area contributed by atoms with E-state index in [0.29, 0.717) is 60.1 Å². The van der Waals surface area contributed by atoms with Crippen LogP contribution >= 0.6 is 23.2 Å². The molecule has 8 rings (SSSR count). The Morgan fingerprint density at radius 1 is 0.924 bits per heavy atom. The van der Waals surface area contributed by atoms with Crippen LogP contribution in [-0.4, -0.2) is 103 Å². The molecule has 5 aromatic rings. The lowest BCUT2D eigenvalue weighted by molar-refractivity contribution is -0.148. The predicted octanol–water partition coefficient (Wildman–Crippen LogP) is 7.40. The molecule has 2 N–H and O–H groups in total. The summed E-state index contributed by atoms with van der Waals surface area (Å²) in [5.74, 6) is -2.00.